The van der Waals surface area contributed by atoms with Gasteiger partial charge in [0.1, 0.15) is 24.7 Å². The van der Waals surface area contributed by atoms with Crippen LogP contribution in [0, 0.1) is 0 Å². The van der Waals surface area contributed by atoms with E-state index in [0.29, 0.717) is 0 Å². The summed E-state index contributed by atoms with van der Waals surface area (Å²) in [6, 6.07) is 0. The van der Waals surface area contributed by atoms with Gasteiger partial charge in [-0.05, 0) is 0 Å². The van der Waals surface area contributed by atoms with Crippen LogP contribution in [0.2, 0.25) is 0 Å². The maximum Gasteiger partial charge on any atom is 0.437 e. The quantitative estimate of drug-likeness (QED) is 0.263. The van der Waals surface area contributed by atoms with E-state index >= 15 is 0 Å². The predicted molar refractivity (Wildman–Crippen MR) is 74.0 cm³/mol. The minimum absolute atomic E-state index is 0.149. The third-order valence-corrected chi connectivity index (χ3v) is 4.20. The first kappa shape index (κ1) is 19.2. The van der Waals surface area contributed by atoms with Crippen LogP contribution in [0.15, 0.2) is 0 Å². The molecule has 5 unspecified atom stereocenters. The fourth-order valence-corrected chi connectivity index (χ4v) is 2.81. The van der Waals surface area contributed by atoms with Crippen LogP contribution < -0.4 is 4.67 Å². The summed E-state index contributed by atoms with van der Waals surface area (Å²) in [5.41, 5.74) is -0.974. The van der Waals surface area contributed by atoms with Crippen LogP contribution in [0.3, 0.4) is 0 Å². The van der Waals surface area contributed by atoms with Crippen LogP contribution in [0.1, 0.15) is 6.42 Å². The van der Waals surface area contributed by atoms with Crippen LogP contribution in [0.4, 0.5) is 13.2 Å². The van der Waals surface area contributed by atoms with Crippen molar-refractivity contribution >= 4 is 23.6 Å². The van der Waals surface area contributed by atoms with Gasteiger partial charge in [0, 0.05) is 18.2 Å². The Balaban J connectivity index is 2.85. The summed E-state index contributed by atoms with van der Waals surface area (Å²) in [6.07, 6.45) is -13.4. The molecular weight excluding hydrogens is 329 g/mol. The van der Waals surface area contributed by atoms with Crippen molar-refractivity contribution in [2.45, 2.75) is 42.4 Å². The van der Waals surface area contributed by atoms with Crippen molar-refractivity contribution in [1.29, 1.82) is 0 Å². The number of alkyl halides is 3. The van der Waals surface area contributed by atoms with Gasteiger partial charge in [-0.2, -0.15) is 18.0 Å². The number of aliphatic hydroxyl groups is 3. The highest BCUT2D eigenvalue weighted by molar-refractivity contribution is 8.14. The second-order valence-corrected chi connectivity index (χ2v) is 5.68. The molecule has 0 radical (unpaired) electrons. The predicted octanol–water partition coefficient (Wildman–Crippen LogP) is -0.903. The third kappa shape index (κ3) is 4.59. The van der Waals surface area contributed by atoms with E-state index in [1.807, 2.05) is 0 Å². The minimum Gasteiger partial charge on any atom is -0.390 e. The summed E-state index contributed by atoms with van der Waals surface area (Å²) in [7, 11) is 2.84. The molecule has 11 heteroatoms. The van der Waals surface area contributed by atoms with E-state index in [0.717, 1.165) is 11.8 Å². The molecule has 1 aliphatic heterocycles. The maximum atomic E-state index is 12.6. The summed E-state index contributed by atoms with van der Waals surface area (Å²) >= 11 is 0.853. The fourth-order valence-electron chi connectivity index (χ4n) is 1.80. The molecule has 1 aliphatic rings. The highest BCUT2D eigenvalue weighted by atomic mass is 32.2. The largest absolute Gasteiger partial charge is 0.437 e. The first-order chi connectivity index (χ1) is 10.1. The van der Waals surface area contributed by atoms with Crippen molar-refractivity contribution in [2.75, 3.05) is 14.2 Å². The van der Waals surface area contributed by atoms with Gasteiger partial charge in [-0.15, -0.1) is 5.06 Å². The molecule has 0 aromatic heterocycles. The zero-order chi connectivity index (χ0) is 17.1. The second-order valence-electron chi connectivity index (χ2n) is 4.55. The van der Waals surface area contributed by atoms with Crippen molar-refractivity contribution in [3.05, 3.63) is 0 Å². The molecule has 7 nitrogen and oxygen atoms in total. The Bertz CT molecular complexity index is 432. The van der Waals surface area contributed by atoms with Crippen molar-refractivity contribution in [1.82, 2.24) is 9.73 Å². The summed E-state index contributed by atoms with van der Waals surface area (Å²) < 4.78 is 46.5. The number of amidine groups is 1. The molecule has 0 aromatic rings. The lowest BCUT2D eigenvalue weighted by Gasteiger charge is -2.38. The number of aliphatic hydroxyl groups excluding tert-OH is 3. The van der Waals surface area contributed by atoms with Gasteiger partial charge < -0.3 is 20.1 Å². The summed E-state index contributed by atoms with van der Waals surface area (Å²) in [5, 5.41) is 30.0. The molecular formula is C11H18F3N2O5S+. The lowest BCUT2D eigenvalue weighted by molar-refractivity contribution is -0.269. The van der Waals surface area contributed by atoms with Crippen LogP contribution in [-0.2, 0) is 9.57 Å². The maximum absolute atomic E-state index is 12.6. The zero-order valence-corrected chi connectivity index (χ0v) is 12.7. The van der Waals surface area contributed by atoms with Gasteiger partial charge in [-0.3, -0.25) is 0 Å². The molecule has 0 amide bonds. The standard InChI is InChI=1S/C11H18F3N2O5S/c1-15-10(16(2)20-3)22-6-4-5(17)7(18)8(21-6)9(19)11(12,13)14/h5-9,17-19H,1,4H2,2-3H3/q+1. The third-order valence-electron chi connectivity index (χ3n) is 3.04. The van der Waals surface area contributed by atoms with Gasteiger partial charge >= 0.3 is 11.3 Å². The zero-order valence-electron chi connectivity index (χ0n) is 11.9. The van der Waals surface area contributed by atoms with Gasteiger partial charge in [0.25, 0.3) is 0 Å². The summed E-state index contributed by atoms with van der Waals surface area (Å²) in [6.45, 7) is 3.30. The molecule has 0 bridgehead atoms. The lowest BCUT2D eigenvalue weighted by atomic mass is 9.98. The Hall–Kier alpha value is -0.810. The first-order valence-corrected chi connectivity index (χ1v) is 7.04. The Labute approximate surface area is 129 Å². The molecule has 128 valence electrons. The Kier molecular flexibility index (Phi) is 6.68. The molecule has 1 fully saturated rings. The topological polar surface area (TPSA) is 96.5 Å². The highest BCUT2D eigenvalue weighted by Gasteiger charge is 2.52. The number of hydrogen-bond acceptors (Lipinski definition) is 6. The number of rotatable bonds is 3. The summed E-state index contributed by atoms with van der Waals surface area (Å²) in [5.74, 6) is 0. The smallest absolute Gasteiger partial charge is 0.390 e. The van der Waals surface area contributed by atoms with Gasteiger partial charge in [0.2, 0.25) is 0 Å². The van der Waals surface area contributed by atoms with Gasteiger partial charge in [0.15, 0.2) is 12.8 Å². The molecule has 0 spiro atoms. The number of ether oxygens (including phenoxy) is 1. The highest BCUT2D eigenvalue weighted by Crippen LogP contribution is 2.34. The Morgan fingerprint density at radius 1 is 1.50 bits per heavy atom. The van der Waals surface area contributed by atoms with Crippen molar-refractivity contribution < 1.29 is 38.1 Å². The molecule has 1 heterocycles. The Morgan fingerprint density at radius 2 is 2.09 bits per heavy atom. The molecule has 5 atom stereocenters. The van der Waals surface area contributed by atoms with Crippen molar-refractivity contribution in [2.24, 2.45) is 0 Å². The second kappa shape index (κ2) is 7.64. The van der Waals surface area contributed by atoms with Crippen molar-refractivity contribution in [3.8, 4) is 0 Å². The SMILES string of the molecule is C=[N+]=C(SC1CC(O)C(O)C(C(O)C(F)(F)F)O1)N(C)OC. The molecule has 0 saturated carbocycles. The van der Waals surface area contributed by atoms with Gasteiger partial charge in [-0.1, -0.05) is 0 Å². The average molecular weight is 347 g/mol. The molecule has 3 N–H and O–H groups in total. The molecule has 1 saturated heterocycles. The van der Waals surface area contributed by atoms with E-state index < -0.39 is 36.0 Å². The number of hydroxylamine groups is 2. The number of thioether (sulfide) groups is 1. The van der Waals surface area contributed by atoms with E-state index in [4.69, 9.17) is 9.57 Å². The number of nitrogens with zero attached hydrogens (tertiary/aromatic N) is 2. The fraction of sp³-hybridized carbons (Fsp3) is 0.818. The molecule has 22 heavy (non-hydrogen) atoms. The molecule has 1 rings (SSSR count). The lowest BCUT2D eigenvalue weighted by Crippen LogP contribution is -2.56. The van der Waals surface area contributed by atoms with E-state index in [1.54, 1.807) is 0 Å². The number of hydrogen-bond donors (Lipinski definition) is 3. The van der Waals surface area contributed by atoms with Gasteiger partial charge in [0.05, 0.1) is 13.2 Å². The van der Waals surface area contributed by atoms with E-state index in [1.165, 1.54) is 19.2 Å². The van der Waals surface area contributed by atoms with E-state index in [9.17, 15) is 28.5 Å². The first-order valence-electron chi connectivity index (χ1n) is 6.16. The van der Waals surface area contributed by atoms with Crippen LogP contribution in [0.25, 0.3) is 0 Å². The molecule has 0 aromatic carbocycles. The Morgan fingerprint density at radius 3 is 2.55 bits per heavy atom. The normalized spacial score (nSPS) is 30.5. The van der Waals surface area contributed by atoms with Crippen molar-refractivity contribution in [3.63, 3.8) is 0 Å². The van der Waals surface area contributed by atoms with Gasteiger partial charge in [-0.25, -0.2) is 4.67 Å². The van der Waals surface area contributed by atoms with Crippen LogP contribution in [0.5, 0.6) is 0 Å². The number of halogens is 3. The minimum atomic E-state index is -4.98. The van der Waals surface area contributed by atoms with Crippen LogP contribution in [-0.4, -0.2) is 82.5 Å². The van der Waals surface area contributed by atoms with Crippen LogP contribution >= 0.6 is 11.8 Å². The van der Waals surface area contributed by atoms with E-state index in [-0.39, 0.29) is 11.6 Å². The molecule has 0 aliphatic carbocycles. The monoisotopic (exact) mass is 347 g/mol. The van der Waals surface area contributed by atoms with E-state index in [2.05, 4.69) is 11.4 Å². The summed E-state index contributed by atoms with van der Waals surface area (Å²) in [4.78, 5) is 4.87. The average Bonchev–Trinajstić information content (AvgIpc) is 2.45.